The van der Waals surface area contributed by atoms with Gasteiger partial charge in [-0.05, 0) is 35.7 Å². The van der Waals surface area contributed by atoms with Gasteiger partial charge in [-0.25, -0.2) is 0 Å². The van der Waals surface area contributed by atoms with E-state index in [1.807, 2.05) is 7.05 Å². The largest absolute Gasteiger partial charge is 0.340 e. The normalized spacial score (nSPS) is 10.6. The number of likely N-dealkylation sites (N-methyl/N-ethyl adjacent to an activating group) is 2. The number of tetrazole rings is 1. The summed E-state index contributed by atoms with van der Waals surface area (Å²) in [5.41, 5.74) is 1.06. The van der Waals surface area contributed by atoms with Gasteiger partial charge in [-0.1, -0.05) is 11.6 Å². The van der Waals surface area contributed by atoms with Crippen LogP contribution in [0.25, 0.3) is 5.69 Å². The van der Waals surface area contributed by atoms with Gasteiger partial charge in [0.25, 0.3) is 5.91 Å². The maximum absolute atomic E-state index is 12.5. The zero-order chi connectivity index (χ0) is 14.5. The van der Waals surface area contributed by atoms with Gasteiger partial charge in [-0.15, -0.1) is 5.10 Å². The predicted molar refractivity (Wildman–Crippen MR) is 75.1 cm³/mol. The Morgan fingerprint density at radius 1 is 1.50 bits per heavy atom. The van der Waals surface area contributed by atoms with Crippen molar-refractivity contribution < 1.29 is 4.79 Å². The van der Waals surface area contributed by atoms with E-state index < -0.39 is 0 Å². The molecule has 1 N–H and O–H groups in total. The van der Waals surface area contributed by atoms with Gasteiger partial charge in [0.05, 0.1) is 11.3 Å². The molecule has 2 rings (SSSR count). The lowest BCUT2D eigenvalue weighted by Gasteiger charge is -2.18. The second-order valence-electron chi connectivity index (χ2n) is 4.25. The molecule has 2 aromatic rings. The fourth-order valence-electron chi connectivity index (χ4n) is 1.74. The quantitative estimate of drug-likeness (QED) is 0.874. The molecule has 1 aromatic heterocycles. The SMILES string of the molecule is CNCCN(C)C(=O)c1cc(Cl)ccc1-n1cnnn1. The Balaban J connectivity index is 2.35. The number of benzene rings is 1. The molecule has 106 valence electrons. The van der Waals surface area contributed by atoms with Crippen LogP contribution in [0.3, 0.4) is 0 Å². The minimum Gasteiger partial charge on any atom is -0.340 e. The number of nitrogens with one attached hydrogen (secondary N) is 1. The average Bonchev–Trinajstić information content (AvgIpc) is 2.97. The molecule has 0 saturated carbocycles. The second kappa shape index (κ2) is 6.44. The minimum atomic E-state index is -0.131. The van der Waals surface area contributed by atoms with Crippen molar-refractivity contribution in [1.82, 2.24) is 30.4 Å². The molecule has 8 heteroatoms. The van der Waals surface area contributed by atoms with Crippen LogP contribution in [0, 0.1) is 0 Å². The maximum Gasteiger partial charge on any atom is 0.255 e. The van der Waals surface area contributed by atoms with Crippen LogP contribution in [0.4, 0.5) is 0 Å². The van der Waals surface area contributed by atoms with E-state index in [2.05, 4.69) is 20.8 Å². The zero-order valence-electron chi connectivity index (χ0n) is 11.2. The molecule has 0 atom stereocenters. The molecule has 0 radical (unpaired) electrons. The summed E-state index contributed by atoms with van der Waals surface area (Å²) in [6.45, 7) is 1.31. The molecule has 0 aliphatic heterocycles. The fourth-order valence-corrected chi connectivity index (χ4v) is 1.91. The summed E-state index contributed by atoms with van der Waals surface area (Å²) in [5, 5.41) is 14.5. The van der Waals surface area contributed by atoms with Crippen LogP contribution in [0.15, 0.2) is 24.5 Å². The number of aromatic nitrogens is 4. The maximum atomic E-state index is 12.5. The lowest BCUT2D eigenvalue weighted by Crippen LogP contribution is -2.33. The van der Waals surface area contributed by atoms with Gasteiger partial charge in [0, 0.05) is 25.2 Å². The smallest absolute Gasteiger partial charge is 0.255 e. The molecule has 0 bridgehead atoms. The Kier molecular flexibility index (Phi) is 4.65. The van der Waals surface area contributed by atoms with Crippen molar-refractivity contribution >= 4 is 17.5 Å². The summed E-state index contributed by atoms with van der Waals surface area (Å²) in [6.07, 6.45) is 1.44. The highest BCUT2D eigenvalue weighted by Gasteiger charge is 2.17. The fraction of sp³-hybridized carbons (Fsp3) is 0.333. The first-order valence-corrected chi connectivity index (χ1v) is 6.44. The minimum absolute atomic E-state index is 0.131. The van der Waals surface area contributed by atoms with Crippen molar-refractivity contribution in [2.75, 3.05) is 27.2 Å². The standard InChI is InChI=1S/C12H15ClN6O/c1-14-5-6-18(2)12(20)10-7-9(13)3-4-11(10)19-8-15-16-17-19/h3-4,7-8,14H,5-6H2,1-2H3. The Morgan fingerprint density at radius 3 is 2.95 bits per heavy atom. The van der Waals surface area contributed by atoms with E-state index >= 15 is 0 Å². The van der Waals surface area contributed by atoms with Crippen molar-refractivity contribution in [2.45, 2.75) is 0 Å². The van der Waals surface area contributed by atoms with Gasteiger partial charge in [-0.2, -0.15) is 4.68 Å². The molecule has 0 spiro atoms. The highest BCUT2D eigenvalue weighted by atomic mass is 35.5. The van der Waals surface area contributed by atoms with Crippen LogP contribution >= 0.6 is 11.6 Å². The number of hydrogen-bond acceptors (Lipinski definition) is 5. The number of hydrogen-bond donors (Lipinski definition) is 1. The van der Waals surface area contributed by atoms with Crippen molar-refractivity contribution in [3.8, 4) is 5.69 Å². The van der Waals surface area contributed by atoms with Crippen LogP contribution in [0.2, 0.25) is 5.02 Å². The van der Waals surface area contributed by atoms with Gasteiger partial charge in [0.1, 0.15) is 6.33 Å². The van der Waals surface area contributed by atoms with E-state index in [4.69, 9.17) is 11.6 Å². The third-order valence-electron chi connectivity index (χ3n) is 2.83. The molecule has 0 aliphatic rings. The van der Waals surface area contributed by atoms with Gasteiger partial charge in [-0.3, -0.25) is 4.79 Å². The molecular weight excluding hydrogens is 280 g/mol. The number of carbonyl (C=O) groups is 1. The molecule has 1 heterocycles. The number of rotatable bonds is 5. The Hall–Kier alpha value is -1.99. The van der Waals surface area contributed by atoms with Crippen LogP contribution in [0.1, 0.15) is 10.4 Å². The predicted octanol–water partition coefficient (Wildman–Crippen LogP) is 0.607. The van der Waals surface area contributed by atoms with E-state index in [0.717, 1.165) is 0 Å². The van der Waals surface area contributed by atoms with Crippen LogP contribution in [-0.4, -0.2) is 58.2 Å². The van der Waals surface area contributed by atoms with Crippen molar-refractivity contribution in [1.29, 1.82) is 0 Å². The number of nitrogens with zero attached hydrogens (tertiary/aromatic N) is 5. The van der Waals surface area contributed by atoms with E-state index in [9.17, 15) is 4.79 Å². The molecule has 1 aromatic carbocycles. The topological polar surface area (TPSA) is 75.9 Å². The van der Waals surface area contributed by atoms with Gasteiger partial charge < -0.3 is 10.2 Å². The summed E-state index contributed by atoms with van der Waals surface area (Å²) in [4.78, 5) is 14.1. The Labute approximate surface area is 121 Å². The van der Waals surface area contributed by atoms with Crippen molar-refractivity contribution in [3.05, 3.63) is 35.1 Å². The summed E-state index contributed by atoms with van der Waals surface area (Å²) >= 11 is 5.99. The first kappa shape index (κ1) is 14.4. The van der Waals surface area contributed by atoms with E-state index in [0.29, 0.717) is 29.4 Å². The highest BCUT2D eigenvalue weighted by molar-refractivity contribution is 6.31. The van der Waals surface area contributed by atoms with E-state index in [1.165, 1.54) is 11.0 Å². The molecule has 0 saturated heterocycles. The van der Waals surface area contributed by atoms with Crippen LogP contribution in [-0.2, 0) is 0 Å². The molecule has 7 nitrogen and oxygen atoms in total. The Bertz CT molecular complexity index is 586. The molecule has 0 fully saturated rings. The summed E-state index contributed by atoms with van der Waals surface area (Å²) in [5.74, 6) is -0.131. The molecule has 20 heavy (non-hydrogen) atoms. The molecule has 0 aliphatic carbocycles. The first-order chi connectivity index (χ1) is 9.63. The lowest BCUT2D eigenvalue weighted by molar-refractivity contribution is 0.0796. The monoisotopic (exact) mass is 294 g/mol. The van der Waals surface area contributed by atoms with E-state index in [-0.39, 0.29) is 5.91 Å². The summed E-state index contributed by atoms with van der Waals surface area (Å²) in [6, 6.07) is 5.04. The average molecular weight is 295 g/mol. The van der Waals surface area contributed by atoms with Gasteiger partial charge >= 0.3 is 0 Å². The third kappa shape index (κ3) is 3.12. The van der Waals surface area contributed by atoms with Crippen molar-refractivity contribution in [3.63, 3.8) is 0 Å². The van der Waals surface area contributed by atoms with Crippen LogP contribution < -0.4 is 5.32 Å². The summed E-state index contributed by atoms with van der Waals surface area (Å²) in [7, 11) is 3.58. The van der Waals surface area contributed by atoms with Crippen LogP contribution in [0.5, 0.6) is 0 Å². The highest BCUT2D eigenvalue weighted by Crippen LogP contribution is 2.20. The molecule has 1 amide bonds. The van der Waals surface area contributed by atoms with Crippen molar-refractivity contribution in [2.24, 2.45) is 0 Å². The van der Waals surface area contributed by atoms with Gasteiger partial charge in [0.15, 0.2) is 0 Å². The molecular formula is C12H15ClN6O. The lowest BCUT2D eigenvalue weighted by atomic mass is 10.1. The third-order valence-corrected chi connectivity index (χ3v) is 3.06. The molecule has 0 unspecified atom stereocenters. The second-order valence-corrected chi connectivity index (χ2v) is 4.68. The first-order valence-electron chi connectivity index (χ1n) is 6.06. The number of carbonyl (C=O) groups excluding carboxylic acids is 1. The van der Waals surface area contributed by atoms with E-state index in [1.54, 1.807) is 30.1 Å². The van der Waals surface area contributed by atoms with Gasteiger partial charge in [0.2, 0.25) is 0 Å². The number of halogens is 1. The summed E-state index contributed by atoms with van der Waals surface area (Å²) < 4.78 is 1.44. The zero-order valence-corrected chi connectivity index (χ0v) is 12.0. The Morgan fingerprint density at radius 2 is 2.30 bits per heavy atom. The number of amides is 1.